The van der Waals surface area contributed by atoms with Crippen molar-refractivity contribution in [1.82, 2.24) is 0 Å². The van der Waals surface area contributed by atoms with Crippen LogP contribution in [-0.4, -0.2) is 29.3 Å². The minimum Gasteiger partial charge on any atom is -0.466 e. The molecule has 2 N–H and O–H groups in total. The molecule has 0 unspecified atom stereocenters. The van der Waals surface area contributed by atoms with E-state index < -0.39 is 0 Å². The second-order valence-corrected chi connectivity index (χ2v) is 7.46. The molecule has 1 heterocycles. The fourth-order valence-corrected chi connectivity index (χ4v) is 3.53. The van der Waals surface area contributed by atoms with Gasteiger partial charge in [0.1, 0.15) is 0 Å². The quantitative estimate of drug-likeness (QED) is 0.631. The molecule has 1 amide bonds. The largest absolute Gasteiger partial charge is 0.466 e. The standard InChI is InChI=1S/C21H20ClN3O3S/c1-2-28-21(27)12-14-11-20(25-18-10-6-5-9-17(18)23-14)29-13-19(26)24-16-8-4-3-7-15(16)22/h3-11,23H,2,12-13H2,1H3,(H,24,26). The number of carbonyl (C=O) groups excluding carboxylic acids is 2. The summed E-state index contributed by atoms with van der Waals surface area (Å²) in [6.07, 6.45) is 1.86. The Labute approximate surface area is 178 Å². The van der Waals surface area contributed by atoms with Gasteiger partial charge in [-0.1, -0.05) is 47.6 Å². The maximum Gasteiger partial charge on any atom is 0.311 e. The number of anilines is 2. The molecule has 0 bridgehead atoms. The topological polar surface area (TPSA) is 79.8 Å². The number of nitrogens with one attached hydrogen (secondary N) is 2. The van der Waals surface area contributed by atoms with E-state index in [1.807, 2.05) is 24.3 Å². The highest BCUT2D eigenvalue weighted by atomic mass is 35.5. The number of esters is 1. The third kappa shape index (κ3) is 6.10. The SMILES string of the molecule is CCOC(=O)CC1=CC(SCC(=O)Nc2ccccc2Cl)=Nc2ccccc2N1. The average molecular weight is 430 g/mol. The number of aliphatic imine (C=N–C) groups is 1. The van der Waals surface area contributed by atoms with Crippen molar-refractivity contribution in [2.24, 2.45) is 4.99 Å². The van der Waals surface area contributed by atoms with E-state index in [0.29, 0.717) is 28.1 Å². The highest BCUT2D eigenvalue weighted by Crippen LogP contribution is 2.31. The van der Waals surface area contributed by atoms with Crippen molar-refractivity contribution in [3.05, 3.63) is 65.3 Å². The number of nitrogens with zero attached hydrogens (tertiary/aromatic N) is 1. The molecule has 1 aliphatic heterocycles. The van der Waals surface area contributed by atoms with Crippen LogP contribution in [0.25, 0.3) is 0 Å². The van der Waals surface area contributed by atoms with Gasteiger partial charge in [-0.3, -0.25) is 9.59 Å². The molecule has 1 aliphatic rings. The third-order valence-electron chi connectivity index (χ3n) is 3.87. The van der Waals surface area contributed by atoms with E-state index in [4.69, 9.17) is 16.3 Å². The van der Waals surface area contributed by atoms with Crippen molar-refractivity contribution < 1.29 is 14.3 Å². The van der Waals surface area contributed by atoms with Crippen LogP contribution in [0.4, 0.5) is 17.1 Å². The van der Waals surface area contributed by atoms with Crippen LogP contribution >= 0.6 is 23.4 Å². The summed E-state index contributed by atoms with van der Waals surface area (Å²) in [7, 11) is 0. The first-order chi connectivity index (χ1) is 14.0. The number of fused-ring (bicyclic) bond motifs is 1. The molecule has 29 heavy (non-hydrogen) atoms. The Morgan fingerprint density at radius 2 is 1.93 bits per heavy atom. The van der Waals surface area contributed by atoms with Crippen molar-refractivity contribution in [2.45, 2.75) is 13.3 Å². The number of hydrogen-bond acceptors (Lipinski definition) is 6. The predicted octanol–water partition coefficient (Wildman–Crippen LogP) is 5.00. The number of rotatable bonds is 6. The van der Waals surface area contributed by atoms with Gasteiger partial charge in [0.15, 0.2) is 0 Å². The van der Waals surface area contributed by atoms with Crippen molar-refractivity contribution in [3.8, 4) is 0 Å². The van der Waals surface area contributed by atoms with Gasteiger partial charge >= 0.3 is 5.97 Å². The van der Waals surface area contributed by atoms with Crippen LogP contribution in [-0.2, 0) is 14.3 Å². The monoisotopic (exact) mass is 429 g/mol. The summed E-state index contributed by atoms with van der Waals surface area (Å²) in [5, 5.41) is 7.12. The van der Waals surface area contributed by atoms with E-state index in [-0.39, 0.29) is 24.1 Å². The molecule has 0 fully saturated rings. The zero-order valence-corrected chi connectivity index (χ0v) is 17.3. The molecule has 2 aromatic rings. The maximum absolute atomic E-state index is 12.3. The lowest BCUT2D eigenvalue weighted by Crippen LogP contribution is -2.15. The molecule has 150 valence electrons. The fourth-order valence-electron chi connectivity index (χ4n) is 2.61. The van der Waals surface area contributed by atoms with Crippen molar-refractivity contribution >= 4 is 57.3 Å². The summed E-state index contributed by atoms with van der Waals surface area (Å²) in [5.74, 6) is -0.377. The van der Waals surface area contributed by atoms with Gasteiger partial charge in [-0.25, -0.2) is 4.99 Å². The van der Waals surface area contributed by atoms with Gasteiger partial charge in [0.25, 0.3) is 0 Å². The first-order valence-corrected chi connectivity index (χ1v) is 10.4. The van der Waals surface area contributed by atoms with E-state index in [9.17, 15) is 9.59 Å². The van der Waals surface area contributed by atoms with Gasteiger partial charge < -0.3 is 15.4 Å². The molecule has 8 heteroatoms. The number of thioether (sulfide) groups is 1. The third-order valence-corrected chi connectivity index (χ3v) is 5.11. The Bertz CT molecular complexity index is 975. The molecule has 3 rings (SSSR count). The van der Waals surface area contributed by atoms with Crippen LogP contribution in [0.15, 0.2) is 65.3 Å². The number of hydrogen-bond donors (Lipinski definition) is 2. The smallest absolute Gasteiger partial charge is 0.311 e. The number of amides is 1. The van der Waals surface area contributed by atoms with E-state index in [1.165, 1.54) is 11.8 Å². The van der Waals surface area contributed by atoms with Gasteiger partial charge in [-0.2, -0.15) is 0 Å². The highest BCUT2D eigenvalue weighted by molar-refractivity contribution is 8.14. The van der Waals surface area contributed by atoms with E-state index in [1.54, 1.807) is 37.3 Å². The normalized spacial score (nSPS) is 12.6. The van der Waals surface area contributed by atoms with Crippen LogP contribution in [0, 0.1) is 0 Å². The molecule has 0 saturated carbocycles. The summed E-state index contributed by atoms with van der Waals surface area (Å²) in [4.78, 5) is 28.9. The number of halogens is 1. The number of para-hydroxylation sites is 3. The van der Waals surface area contributed by atoms with Crippen LogP contribution in [0.5, 0.6) is 0 Å². The maximum atomic E-state index is 12.3. The molecule has 0 aliphatic carbocycles. The molecular formula is C21H20ClN3O3S. The molecule has 0 atom stereocenters. The molecule has 0 aromatic heterocycles. The van der Waals surface area contributed by atoms with Crippen molar-refractivity contribution in [2.75, 3.05) is 23.0 Å². The molecular weight excluding hydrogens is 410 g/mol. The number of benzene rings is 2. The van der Waals surface area contributed by atoms with Gasteiger partial charge in [-0.15, -0.1) is 0 Å². The van der Waals surface area contributed by atoms with E-state index >= 15 is 0 Å². The highest BCUT2D eigenvalue weighted by Gasteiger charge is 2.15. The van der Waals surface area contributed by atoms with E-state index in [2.05, 4.69) is 15.6 Å². The zero-order chi connectivity index (χ0) is 20.6. The summed E-state index contributed by atoms with van der Waals surface area (Å²) in [6.45, 7) is 2.09. The van der Waals surface area contributed by atoms with Gasteiger partial charge in [0, 0.05) is 5.70 Å². The second-order valence-electron chi connectivity index (χ2n) is 6.06. The Morgan fingerprint density at radius 1 is 1.17 bits per heavy atom. The zero-order valence-electron chi connectivity index (χ0n) is 15.8. The minimum absolute atomic E-state index is 0.0908. The van der Waals surface area contributed by atoms with Crippen LogP contribution in [0.3, 0.4) is 0 Å². The van der Waals surface area contributed by atoms with Gasteiger partial charge in [-0.05, 0) is 37.3 Å². The van der Waals surface area contributed by atoms with Crippen molar-refractivity contribution in [1.29, 1.82) is 0 Å². The lowest BCUT2D eigenvalue weighted by atomic mass is 10.2. The lowest BCUT2D eigenvalue weighted by molar-refractivity contribution is -0.142. The Morgan fingerprint density at radius 3 is 2.72 bits per heavy atom. The van der Waals surface area contributed by atoms with Gasteiger partial charge in [0.05, 0.1) is 45.9 Å². The molecule has 0 radical (unpaired) electrons. The Hall–Kier alpha value is -2.77. The Kier molecular flexibility index (Phi) is 7.32. The lowest BCUT2D eigenvalue weighted by Gasteiger charge is -2.10. The van der Waals surface area contributed by atoms with E-state index in [0.717, 1.165) is 11.4 Å². The molecule has 2 aromatic carbocycles. The molecule has 0 saturated heterocycles. The predicted molar refractivity (Wildman–Crippen MR) is 119 cm³/mol. The van der Waals surface area contributed by atoms with Crippen LogP contribution in [0.1, 0.15) is 13.3 Å². The summed E-state index contributed by atoms with van der Waals surface area (Å²) >= 11 is 7.36. The fraction of sp³-hybridized carbons (Fsp3) is 0.190. The number of ether oxygens (including phenoxy) is 1. The molecule has 0 spiro atoms. The summed E-state index contributed by atoms with van der Waals surface area (Å²) < 4.78 is 5.04. The number of carbonyl (C=O) groups is 2. The average Bonchev–Trinajstić information content (AvgIpc) is 2.87. The molecule has 6 nitrogen and oxygen atoms in total. The first kappa shape index (κ1) is 21.0. The Balaban J connectivity index is 1.72. The van der Waals surface area contributed by atoms with Gasteiger partial charge in [0.2, 0.25) is 5.91 Å². The first-order valence-electron chi connectivity index (χ1n) is 9.03. The second kappa shape index (κ2) is 10.1. The van der Waals surface area contributed by atoms with Crippen molar-refractivity contribution in [3.63, 3.8) is 0 Å². The summed E-state index contributed by atoms with van der Waals surface area (Å²) in [6, 6.07) is 14.6. The van der Waals surface area contributed by atoms with Crippen LogP contribution < -0.4 is 10.6 Å². The summed E-state index contributed by atoms with van der Waals surface area (Å²) in [5.41, 5.74) is 2.75. The van der Waals surface area contributed by atoms with Crippen LogP contribution in [0.2, 0.25) is 5.02 Å². The minimum atomic E-state index is -0.327.